The molecule has 27 heavy (non-hydrogen) atoms. The van der Waals surface area contributed by atoms with Crippen molar-refractivity contribution in [3.63, 3.8) is 0 Å². The largest absolute Gasteiger partial charge is 0.405 e. The van der Waals surface area contributed by atoms with Gasteiger partial charge in [-0.1, -0.05) is 19.1 Å². The minimum absolute atomic E-state index is 0.251. The molecule has 1 aliphatic heterocycles. The predicted octanol–water partition coefficient (Wildman–Crippen LogP) is 2.38. The summed E-state index contributed by atoms with van der Waals surface area (Å²) in [5.74, 6) is -1.16. The number of benzene rings is 1. The number of carbonyl (C=O) groups excluding carboxylic acids is 2. The van der Waals surface area contributed by atoms with E-state index in [0.29, 0.717) is 18.7 Å². The Kier molecular flexibility index (Phi) is 6.69. The predicted molar refractivity (Wildman–Crippen MR) is 95.6 cm³/mol. The van der Waals surface area contributed by atoms with Crippen molar-refractivity contribution < 1.29 is 22.8 Å². The maximum Gasteiger partial charge on any atom is 0.405 e. The van der Waals surface area contributed by atoms with Crippen LogP contribution < -0.4 is 16.4 Å². The second-order valence-corrected chi connectivity index (χ2v) is 7.01. The molecule has 3 atom stereocenters. The smallest absolute Gasteiger partial charge is 0.376 e. The van der Waals surface area contributed by atoms with Crippen LogP contribution in [0.15, 0.2) is 24.3 Å². The fraction of sp³-hybridized carbons (Fsp3) is 0.556. The molecule has 150 valence electrons. The number of nitrogens with one attached hydrogen (secondary N) is 2. The number of amides is 2. The fourth-order valence-electron chi connectivity index (χ4n) is 3.15. The maximum atomic E-state index is 12.6. The number of nitrogens with zero attached hydrogens (tertiary/aromatic N) is 1. The first kappa shape index (κ1) is 21.0. The van der Waals surface area contributed by atoms with Gasteiger partial charge < -0.3 is 21.3 Å². The van der Waals surface area contributed by atoms with Crippen molar-refractivity contribution in [1.82, 2.24) is 10.2 Å². The summed E-state index contributed by atoms with van der Waals surface area (Å²) >= 11 is 0. The summed E-state index contributed by atoms with van der Waals surface area (Å²) in [5, 5.41) is 4.71. The summed E-state index contributed by atoms with van der Waals surface area (Å²) in [6.07, 6.45) is -3.37. The van der Waals surface area contributed by atoms with E-state index in [1.165, 1.54) is 4.90 Å². The van der Waals surface area contributed by atoms with Crippen LogP contribution in [0.25, 0.3) is 0 Å². The molecule has 1 saturated heterocycles. The first-order chi connectivity index (χ1) is 12.6. The van der Waals surface area contributed by atoms with Gasteiger partial charge in [0.25, 0.3) is 0 Å². The average Bonchev–Trinajstić information content (AvgIpc) is 2.58. The molecule has 0 aromatic heterocycles. The van der Waals surface area contributed by atoms with Crippen molar-refractivity contribution in [2.45, 2.75) is 45.1 Å². The van der Waals surface area contributed by atoms with Gasteiger partial charge in [-0.25, -0.2) is 0 Å². The molecule has 1 aliphatic rings. The van der Waals surface area contributed by atoms with Gasteiger partial charge in [-0.05, 0) is 43.4 Å². The highest BCUT2D eigenvalue weighted by Gasteiger charge is 2.34. The number of likely N-dealkylation sites (tertiary alicyclic amines) is 1. The van der Waals surface area contributed by atoms with Crippen LogP contribution in [-0.2, 0) is 9.59 Å². The number of rotatable bonds is 4. The Labute approximate surface area is 156 Å². The van der Waals surface area contributed by atoms with Crippen LogP contribution in [-0.4, -0.2) is 42.1 Å². The summed E-state index contributed by atoms with van der Waals surface area (Å²) in [4.78, 5) is 26.2. The first-order valence-electron chi connectivity index (χ1n) is 8.84. The fourth-order valence-corrected chi connectivity index (χ4v) is 3.15. The Hall–Kier alpha value is -2.29. The maximum absolute atomic E-state index is 12.6. The van der Waals surface area contributed by atoms with Gasteiger partial charge >= 0.3 is 18.0 Å². The molecule has 1 unspecified atom stereocenters. The second-order valence-electron chi connectivity index (χ2n) is 7.01. The summed E-state index contributed by atoms with van der Waals surface area (Å²) in [5.41, 5.74) is 6.64. The third-order valence-electron chi connectivity index (χ3n) is 4.42. The number of hydrogen-bond donors (Lipinski definition) is 3. The minimum atomic E-state index is -4.30. The molecule has 0 radical (unpaired) electrons. The Morgan fingerprint density at radius 3 is 2.44 bits per heavy atom. The molecule has 2 rings (SSSR count). The number of piperidine rings is 1. The Bertz CT molecular complexity index is 662. The van der Waals surface area contributed by atoms with Crippen LogP contribution in [0.2, 0.25) is 0 Å². The van der Waals surface area contributed by atoms with Gasteiger partial charge in [-0.15, -0.1) is 0 Å². The summed E-state index contributed by atoms with van der Waals surface area (Å²) in [6, 6.07) is 6.16. The highest BCUT2D eigenvalue weighted by Crippen LogP contribution is 2.34. The number of anilines is 1. The zero-order valence-corrected chi connectivity index (χ0v) is 15.3. The number of nitrogens with two attached hydrogens (primary N) is 1. The van der Waals surface area contributed by atoms with E-state index in [-0.39, 0.29) is 12.0 Å². The summed E-state index contributed by atoms with van der Waals surface area (Å²) in [6.45, 7) is 2.89. The monoisotopic (exact) mass is 386 g/mol. The van der Waals surface area contributed by atoms with E-state index >= 15 is 0 Å². The molecule has 2 amide bonds. The van der Waals surface area contributed by atoms with Crippen molar-refractivity contribution in [2.24, 2.45) is 11.7 Å². The van der Waals surface area contributed by atoms with Crippen molar-refractivity contribution >= 4 is 17.5 Å². The highest BCUT2D eigenvalue weighted by molar-refractivity contribution is 6.35. The Morgan fingerprint density at radius 2 is 1.89 bits per heavy atom. The van der Waals surface area contributed by atoms with Crippen molar-refractivity contribution in [1.29, 1.82) is 0 Å². The molecule has 4 N–H and O–H groups in total. The lowest BCUT2D eigenvalue weighted by molar-refractivity contribution is -0.149. The van der Waals surface area contributed by atoms with Gasteiger partial charge in [-0.2, -0.15) is 13.2 Å². The lowest BCUT2D eigenvalue weighted by Crippen LogP contribution is -2.51. The quantitative estimate of drug-likeness (QED) is 0.548. The standard InChI is InChI=1S/C18H25F3N4O2/c1-11-3-8-15(25(9-11)17(27)16(26)24-12(2)22)13-4-6-14(7-5-13)23-10-18(19,20)21/h4-7,11-12,15,23H,3,8-10,22H2,1-2H3,(H,24,26)/t11-,12?,15+/m0/s1. The average molecular weight is 386 g/mol. The highest BCUT2D eigenvalue weighted by atomic mass is 19.4. The lowest BCUT2D eigenvalue weighted by atomic mass is 9.89. The van der Waals surface area contributed by atoms with Crippen molar-refractivity contribution in [3.05, 3.63) is 29.8 Å². The molecule has 6 nitrogen and oxygen atoms in total. The molecule has 0 saturated carbocycles. The van der Waals surface area contributed by atoms with Gasteiger partial charge in [0.05, 0.1) is 12.2 Å². The van der Waals surface area contributed by atoms with Crippen LogP contribution >= 0.6 is 0 Å². The number of alkyl halides is 3. The molecular formula is C18H25F3N4O2. The van der Waals surface area contributed by atoms with E-state index in [1.807, 2.05) is 6.92 Å². The molecule has 1 aromatic rings. The molecular weight excluding hydrogens is 361 g/mol. The molecule has 0 spiro atoms. The molecule has 1 aromatic carbocycles. The van der Waals surface area contributed by atoms with E-state index in [2.05, 4.69) is 10.6 Å². The molecule has 0 aliphatic carbocycles. The second kappa shape index (κ2) is 8.60. The third kappa shape index (κ3) is 6.13. The normalized spacial score (nSPS) is 21.5. The molecule has 0 bridgehead atoms. The SMILES string of the molecule is CC(N)NC(=O)C(=O)N1C[C@@H](C)CC[C@@H]1c1ccc(NCC(F)(F)F)cc1. The van der Waals surface area contributed by atoms with Crippen LogP contribution in [0.5, 0.6) is 0 Å². The van der Waals surface area contributed by atoms with E-state index in [1.54, 1.807) is 31.2 Å². The Morgan fingerprint density at radius 1 is 1.26 bits per heavy atom. The third-order valence-corrected chi connectivity index (χ3v) is 4.42. The number of hydrogen-bond acceptors (Lipinski definition) is 4. The van der Waals surface area contributed by atoms with Gasteiger partial charge in [0.2, 0.25) is 0 Å². The molecule has 1 fully saturated rings. The van der Waals surface area contributed by atoms with Gasteiger partial charge in [-0.3, -0.25) is 9.59 Å². The van der Waals surface area contributed by atoms with E-state index in [4.69, 9.17) is 5.73 Å². The molecule has 9 heteroatoms. The van der Waals surface area contributed by atoms with Gasteiger partial charge in [0.1, 0.15) is 6.54 Å². The zero-order valence-electron chi connectivity index (χ0n) is 15.3. The van der Waals surface area contributed by atoms with Gasteiger partial charge in [0.15, 0.2) is 0 Å². The first-order valence-corrected chi connectivity index (χ1v) is 8.84. The van der Waals surface area contributed by atoms with E-state index in [9.17, 15) is 22.8 Å². The van der Waals surface area contributed by atoms with Crippen LogP contribution in [0, 0.1) is 5.92 Å². The van der Waals surface area contributed by atoms with Crippen LogP contribution in [0.1, 0.15) is 38.3 Å². The van der Waals surface area contributed by atoms with E-state index in [0.717, 1.165) is 12.0 Å². The summed E-state index contributed by atoms with van der Waals surface area (Å²) in [7, 11) is 0. The zero-order chi connectivity index (χ0) is 20.2. The number of carbonyl (C=O) groups is 2. The topological polar surface area (TPSA) is 87.5 Å². The van der Waals surface area contributed by atoms with Gasteiger partial charge in [0, 0.05) is 12.2 Å². The van der Waals surface area contributed by atoms with Crippen molar-refractivity contribution in [3.8, 4) is 0 Å². The molecule has 1 heterocycles. The van der Waals surface area contributed by atoms with E-state index < -0.39 is 30.7 Å². The lowest BCUT2D eigenvalue weighted by Gasteiger charge is -2.38. The Balaban J connectivity index is 2.13. The van der Waals surface area contributed by atoms with Crippen molar-refractivity contribution in [2.75, 3.05) is 18.4 Å². The van der Waals surface area contributed by atoms with Crippen LogP contribution in [0.3, 0.4) is 0 Å². The summed E-state index contributed by atoms with van der Waals surface area (Å²) < 4.78 is 36.9. The minimum Gasteiger partial charge on any atom is -0.376 e. The number of halogens is 3. The van der Waals surface area contributed by atoms with Crippen LogP contribution in [0.4, 0.5) is 18.9 Å².